The molecule has 0 saturated carbocycles. The third-order valence-corrected chi connectivity index (χ3v) is 3.05. The van der Waals surface area contributed by atoms with Crippen molar-refractivity contribution in [1.29, 1.82) is 0 Å². The Balaban J connectivity index is 2.21. The fourth-order valence-electron chi connectivity index (χ4n) is 2.30. The lowest BCUT2D eigenvalue weighted by molar-refractivity contribution is -0.254. The Morgan fingerprint density at radius 2 is 1.75 bits per heavy atom. The Labute approximate surface area is 94.1 Å². The van der Waals surface area contributed by atoms with Crippen LogP contribution in [0.25, 0.3) is 0 Å². The van der Waals surface area contributed by atoms with E-state index in [9.17, 15) is 10.2 Å². The van der Waals surface area contributed by atoms with E-state index in [1.807, 2.05) is 0 Å². The Morgan fingerprint density at radius 1 is 1.12 bits per heavy atom. The van der Waals surface area contributed by atoms with Crippen LogP contribution < -0.4 is 0 Å². The zero-order valence-electron chi connectivity index (χ0n) is 9.67. The summed E-state index contributed by atoms with van der Waals surface area (Å²) < 4.78 is 22.0. The summed E-state index contributed by atoms with van der Waals surface area (Å²) in [6, 6.07) is 0. The van der Waals surface area contributed by atoms with Gasteiger partial charge in [0.2, 0.25) is 0 Å². The first-order chi connectivity index (χ1) is 7.48. The zero-order chi connectivity index (χ0) is 12.0. The van der Waals surface area contributed by atoms with Crippen molar-refractivity contribution in [3.63, 3.8) is 0 Å². The van der Waals surface area contributed by atoms with Gasteiger partial charge in [-0.3, -0.25) is 0 Å². The Bertz CT molecular complexity index is 262. The molecule has 2 rings (SSSR count). The summed E-state index contributed by atoms with van der Waals surface area (Å²) in [5, 5.41) is 18.7. The van der Waals surface area contributed by atoms with Crippen LogP contribution in [0.1, 0.15) is 13.8 Å². The minimum absolute atomic E-state index is 0.345. The van der Waals surface area contributed by atoms with Crippen LogP contribution in [0.5, 0.6) is 0 Å². The highest BCUT2D eigenvalue weighted by Crippen LogP contribution is 2.43. The fraction of sp³-hybridized carbons (Fsp3) is 1.00. The van der Waals surface area contributed by atoms with Crippen molar-refractivity contribution in [3.05, 3.63) is 0 Å². The number of hydrogen-bond acceptors (Lipinski definition) is 6. The quantitative estimate of drug-likeness (QED) is 0.668. The summed E-state index contributed by atoms with van der Waals surface area (Å²) in [5.41, 5.74) is -1.15. The third kappa shape index (κ3) is 1.66. The van der Waals surface area contributed by atoms with E-state index in [0.29, 0.717) is 0 Å². The summed E-state index contributed by atoms with van der Waals surface area (Å²) >= 11 is 0. The van der Waals surface area contributed by atoms with Crippen LogP contribution in [0.15, 0.2) is 0 Å². The van der Waals surface area contributed by atoms with E-state index >= 15 is 0 Å². The number of fused-ring (bicyclic) bond motifs is 1. The number of aliphatic hydroxyl groups is 2. The average molecular weight is 234 g/mol. The second-order valence-electron chi connectivity index (χ2n) is 4.62. The molecule has 2 saturated heterocycles. The lowest BCUT2D eigenvalue weighted by Crippen LogP contribution is -2.51. The largest absolute Gasteiger partial charge is 0.393 e. The van der Waals surface area contributed by atoms with Crippen molar-refractivity contribution in [2.24, 2.45) is 0 Å². The summed E-state index contributed by atoms with van der Waals surface area (Å²) in [6.45, 7) is 2.87. The van der Waals surface area contributed by atoms with E-state index in [2.05, 4.69) is 0 Å². The number of rotatable bonds is 3. The van der Waals surface area contributed by atoms with Crippen molar-refractivity contribution in [3.8, 4) is 0 Å². The molecule has 6 heteroatoms. The van der Waals surface area contributed by atoms with Crippen LogP contribution in [0.3, 0.4) is 0 Å². The molecule has 16 heavy (non-hydrogen) atoms. The van der Waals surface area contributed by atoms with Crippen LogP contribution in [0.2, 0.25) is 0 Å². The summed E-state index contributed by atoms with van der Waals surface area (Å²) in [4.78, 5) is 0. The molecule has 2 aliphatic heterocycles. The molecule has 2 heterocycles. The molecule has 0 bridgehead atoms. The van der Waals surface area contributed by atoms with Crippen LogP contribution in [0.4, 0.5) is 0 Å². The highest BCUT2D eigenvalue weighted by molar-refractivity contribution is 5.03. The van der Waals surface area contributed by atoms with Gasteiger partial charge in [0.15, 0.2) is 12.1 Å². The number of ether oxygens (including phenoxy) is 4. The van der Waals surface area contributed by atoms with Gasteiger partial charge in [0.1, 0.15) is 17.8 Å². The van der Waals surface area contributed by atoms with E-state index in [1.165, 1.54) is 7.11 Å². The van der Waals surface area contributed by atoms with Crippen molar-refractivity contribution in [2.75, 3.05) is 20.3 Å². The summed E-state index contributed by atoms with van der Waals surface area (Å²) in [6.07, 6.45) is -1.59. The lowest BCUT2D eigenvalue weighted by atomic mass is 9.97. The van der Waals surface area contributed by atoms with Crippen molar-refractivity contribution in [1.82, 2.24) is 0 Å². The molecule has 0 spiro atoms. The molecule has 2 aliphatic rings. The van der Waals surface area contributed by atoms with E-state index < -0.39 is 29.9 Å². The molecule has 0 aromatic heterocycles. The molecule has 2 N–H and O–H groups in total. The first-order valence-electron chi connectivity index (χ1n) is 5.26. The van der Waals surface area contributed by atoms with Gasteiger partial charge in [0.05, 0.1) is 13.2 Å². The predicted molar refractivity (Wildman–Crippen MR) is 52.6 cm³/mol. The molecule has 0 aromatic carbocycles. The Hall–Kier alpha value is -0.240. The SMILES string of the molecule is COC1C2OC(C)(C)OC2OC1(CO)CO. The van der Waals surface area contributed by atoms with Crippen molar-refractivity contribution < 1.29 is 29.2 Å². The molecule has 3 atom stereocenters. The summed E-state index contributed by atoms with van der Waals surface area (Å²) in [7, 11) is 1.49. The smallest absolute Gasteiger partial charge is 0.190 e. The van der Waals surface area contributed by atoms with Gasteiger partial charge >= 0.3 is 0 Å². The Morgan fingerprint density at radius 3 is 2.25 bits per heavy atom. The van der Waals surface area contributed by atoms with Gasteiger partial charge in [0, 0.05) is 7.11 Å². The molecule has 0 aliphatic carbocycles. The number of hydrogen-bond donors (Lipinski definition) is 2. The van der Waals surface area contributed by atoms with Crippen molar-refractivity contribution in [2.45, 2.75) is 43.7 Å². The zero-order valence-corrected chi connectivity index (χ0v) is 9.67. The molecule has 0 aromatic rings. The minimum atomic E-state index is -1.15. The van der Waals surface area contributed by atoms with E-state index in [1.54, 1.807) is 13.8 Å². The topological polar surface area (TPSA) is 77.4 Å². The summed E-state index contributed by atoms with van der Waals surface area (Å²) in [5.74, 6) is -0.733. The molecule has 3 unspecified atom stereocenters. The maximum Gasteiger partial charge on any atom is 0.190 e. The minimum Gasteiger partial charge on any atom is -0.393 e. The first kappa shape index (κ1) is 12.2. The second-order valence-corrected chi connectivity index (χ2v) is 4.62. The standard InChI is InChI=1S/C10H18O6/c1-9(2)14-6-7(13-3)10(4-11,5-12)16-8(6)15-9/h6-8,11-12H,4-5H2,1-3H3. The normalized spacial score (nSPS) is 39.9. The molecule has 0 radical (unpaired) electrons. The van der Waals surface area contributed by atoms with Gasteiger partial charge in [0.25, 0.3) is 0 Å². The molecular formula is C10H18O6. The third-order valence-electron chi connectivity index (χ3n) is 3.05. The van der Waals surface area contributed by atoms with Crippen LogP contribution in [-0.4, -0.2) is 60.4 Å². The van der Waals surface area contributed by atoms with Gasteiger partial charge < -0.3 is 29.2 Å². The van der Waals surface area contributed by atoms with Gasteiger partial charge in [-0.25, -0.2) is 0 Å². The van der Waals surface area contributed by atoms with Crippen LogP contribution >= 0.6 is 0 Å². The fourth-order valence-corrected chi connectivity index (χ4v) is 2.30. The second kappa shape index (κ2) is 3.90. The first-order valence-corrected chi connectivity index (χ1v) is 5.26. The van der Waals surface area contributed by atoms with E-state index in [4.69, 9.17) is 18.9 Å². The molecular weight excluding hydrogens is 216 g/mol. The molecule has 6 nitrogen and oxygen atoms in total. The van der Waals surface area contributed by atoms with E-state index in [-0.39, 0.29) is 13.2 Å². The highest BCUT2D eigenvalue weighted by Gasteiger charge is 2.62. The van der Waals surface area contributed by atoms with Gasteiger partial charge in [-0.05, 0) is 13.8 Å². The van der Waals surface area contributed by atoms with Crippen molar-refractivity contribution >= 4 is 0 Å². The maximum atomic E-state index is 9.33. The van der Waals surface area contributed by atoms with E-state index in [0.717, 1.165) is 0 Å². The van der Waals surface area contributed by atoms with Gasteiger partial charge in [-0.1, -0.05) is 0 Å². The van der Waals surface area contributed by atoms with Gasteiger partial charge in [-0.15, -0.1) is 0 Å². The van der Waals surface area contributed by atoms with Gasteiger partial charge in [-0.2, -0.15) is 0 Å². The molecule has 94 valence electrons. The maximum absolute atomic E-state index is 9.33. The molecule has 0 amide bonds. The lowest BCUT2D eigenvalue weighted by Gasteiger charge is -2.32. The Kier molecular flexibility index (Phi) is 2.98. The molecule has 2 fully saturated rings. The number of methoxy groups -OCH3 is 1. The highest BCUT2D eigenvalue weighted by atomic mass is 16.8. The number of aliphatic hydroxyl groups excluding tert-OH is 2. The van der Waals surface area contributed by atoms with Crippen LogP contribution in [0, 0.1) is 0 Å². The monoisotopic (exact) mass is 234 g/mol. The average Bonchev–Trinajstić information content (AvgIpc) is 2.66. The van der Waals surface area contributed by atoms with Crippen LogP contribution in [-0.2, 0) is 18.9 Å². The predicted octanol–water partition coefficient (Wildman–Crippen LogP) is -0.767.